The summed E-state index contributed by atoms with van der Waals surface area (Å²) in [5.74, 6) is 1.32. The molecule has 0 aromatic carbocycles. The van der Waals surface area contributed by atoms with Crippen LogP contribution in [0.4, 0.5) is 5.69 Å². The van der Waals surface area contributed by atoms with Gasteiger partial charge in [-0.25, -0.2) is 9.19 Å². The second kappa shape index (κ2) is 11.3. The number of aliphatic imine (C=N–C) groups is 1. The normalized spacial score (nSPS) is 17.4. The number of pyridine rings is 3. The summed E-state index contributed by atoms with van der Waals surface area (Å²) in [5.41, 5.74) is 3.87. The Morgan fingerprint density at radius 2 is 1.88 bits per heavy atom. The molecule has 0 spiro atoms. The summed E-state index contributed by atoms with van der Waals surface area (Å²) < 4.78 is 18.3. The lowest BCUT2D eigenvalue weighted by molar-refractivity contribution is -0.125. The first-order valence-electron chi connectivity index (χ1n) is 11.3. The molecule has 1 aliphatic rings. The smallest absolute Gasteiger partial charge is 0.233 e. The highest BCUT2D eigenvalue weighted by Gasteiger charge is 2.23. The molecule has 3 unspecified atom stereocenters. The van der Waals surface area contributed by atoms with E-state index in [9.17, 15) is 9.00 Å². The van der Waals surface area contributed by atoms with Crippen LogP contribution in [-0.4, -0.2) is 49.7 Å². The van der Waals surface area contributed by atoms with Crippen LogP contribution in [0.15, 0.2) is 46.5 Å². The summed E-state index contributed by atoms with van der Waals surface area (Å²) in [5, 5.41) is 1.07. The molecule has 0 radical (unpaired) electrons. The fraction of sp³-hybridized carbons (Fsp3) is 0.400. The van der Waals surface area contributed by atoms with Crippen molar-refractivity contribution in [1.29, 1.82) is 0 Å². The minimum atomic E-state index is -1.45. The van der Waals surface area contributed by atoms with Gasteiger partial charge in [-0.3, -0.25) is 19.1 Å². The average Bonchev–Trinajstić information content (AvgIpc) is 2.89. The molecule has 4 rings (SSSR count). The number of fused-ring (bicyclic) bond motifs is 3. The summed E-state index contributed by atoms with van der Waals surface area (Å²) in [7, 11) is 1.70. The first-order chi connectivity index (χ1) is 16.3. The van der Waals surface area contributed by atoms with Crippen molar-refractivity contribution in [3.05, 3.63) is 47.9 Å². The fourth-order valence-corrected chi connectivity index (χ4v) is 4.51. The predicted octanol–water partition coefficient (Wildman–Crippen LogP) is 4.63. The summed E-state index contributed by atoms with van der Waals surface area (Å²) in [4.78, 5) is 29.3. The molecule has 0 bridgehead atoms. The van der Waals surface area contributed by atoms with Gasteiger partial charge in [-0.05, 0) is 42.0 Å². The van der Waals surface area contributed by atoms with Crippen LogP contribution in [0, 0.1) is 5.92 Å². The van der Waals surface area contributed by atoms with Crippen LogP contribution in [0.5, 0.6) is 5.88 Å². The van der Waals surface area contributed by atoms with Gasteiger partial charge in [-0.15, -0.1) is 0 Å². The van der Waals surface area contributed by atoms with Gasteiger partial charge in [0.1, 0.15) is 0 Å². The number of hydrogen-bond acceptors (Lipinski definition) is 7. The summed E-state index contributed by atoms with van der Waals surface area (Å²) in [6, 6.07) is 7.48. The molecule has 4 heterocycles. The highest BCUT2D eigenvalue weighted by atomic mass is 32.2. The van der Waals surface area contributed by atoms with Gasteiger partial charge < -0.3 is 4.74 Å². The number of amides is 1. The molecule has 3 atom stereocenters. The van der Waals surface area contributed by atoms with Crippen LogP contribution in [-0.2, 0) is 22.2 Å². The Morgan fingerprint density at radius 1 is 1.12 bits per heavy atom. The highest BCUT2D eigenvalue weighted by Crippen LogP contribution is 2.39. The van der Waals surface area contributed by atoms with Crippen molar-refractivity contribution in [2.24, 2.45) is 10.9 Å². The van der Waals surface area contributed by atoms with Gasteiger partial charge in [-0.1, -0.05) is 27.7 Å². The third kappa shape index (κ3) is 5.47. The Kier molecular flexibility index (Phi) is 8.44. The van der Waals surface area contributed by atoms with Crippen molar-refractivity contribution in [3.63, 3.8) is 0 Å². The monoisotopic (exact) mass is 481 g/mol. The fourth-order valence-electron chi connectivity index (χ4n) is 3.55. The van der Waals surface area contributed by atoms with E-state index in [0.717, 1.165) is 28.8 Å². The Balaban J connectivity index is 0.000000192. The number of carbonyl (C=O) groups is 1. The molecule has 8 nitrogen and oxygen atoms in total. The molecule has 3 aromatic heterocycles. The van der Waals surface area contributed by atoms with Crippen LogP contribution in [0.3, 0.4) is 0 Å². The van der Waals surface area contributed by atoms with Gasteiger partial charge in [0.05, 0.1) is 23.9 Å². The van der Waals surface area contributed by atoms with Gasteiger partial charge in [-0.2, -0.15) is 4.98 Å². The van der Waals surface area contributed by atoms with E-state index in [0.29, 0.717) is 29.0 Å². The summed E-state index contributed by atoms with van der Waals surface area (Å²) in [6.45, 7) is 8.15. The van der Waals surface area contributed by atoms with Crippen molar-refractivity contribution in [2.45, 2.75) is 51.3 Å². The van der Waals surface area contributed by atoms with Crippen molar-refractivity contribution in [1.82, 2.24) is 19.3 Å². The van der Waals surface area contributed by atoms with E-state index in [2.05, 4.69) is 33.8 Å². The van der Waals surface area contributed by atoms with Gasteiger partial charge in [0.2, 0.25) is 11.8 Å². The molecule has 1 aliphatic heterocycles. The molecule has 0 fully saturated rings. The zero-order chi connectivity index (χ0) is 24.8. The lowest BCUT2D eigenvalue weighted by Gasteiger charge is -2.23. The first kappa shape index (κ1) is 25.4. The molecule has 0 N–H and O–H groups in total. The molecule has 180 valence electrons. The number of ether oxygens (including phenoxy) is 1. The standard InChI is InChI=1S/C14H15N3O.C11H16N2O2S/c1-8-6-15-11-7-16-14-10(13(11)9(8)2)4-5-12(17-14)18-3;1-4-9-6-7-10(8-12-9)16(15)13(3)11(14)5-2/h4-9H,1-3H3;6-8H,4-5H2,1-3H3. The quantitative estimate of drug-likeness (QED) is 0.527. The molecule has 34 heavy (non-hydrogen) atoms. The third-order valence-electron chi connectivity index (χ3n) is 5.89. The average molecular weight is 482 g/mol. The van der Waals surface area contributed by atoms with Crippen LogP contribution < -0.4 is 4.74 Å². The van der Waals surface area contributed by atoms with E-state index in [1.54, 1.807) is 32.5 Å². The molecular formula is C25H31N5O3S. The third-order valence-corrected chi connectivity index (χ3v) is 7.24. The number of nitrogens with zero attached hydrogens (tertiary/aromatic N) is 5. The Bertz CT molecular complexity index is 1210. The van der Waals surface area contributed by atoms with E-state index in [4.69, 9.17) is 4.74 Å². The predicted molar refractivity (Wildman–Crippen MR) is 135 cm³/mol. The number of rotatable bonds is 5. The molecule has 9 heteroatoms. The zero-order valence-electron chi connectivity index (χ0n) is 20.5. The van der Waals surface area contributed by atoms with E-state index in [-0.39, 0.29) is 5.91 Å². The largest absolute Gasteiger partial charge is 0.481 e. The van der Waals surface area contributed by atoms with Crippen LogP contribution >= 0.6 is 0 Å². The van der Waals surface area contributed by atoms with E-state index in [1.165, 1.54) is 16.9 Å². The van der Waals surface area contributed by atoms with Crippen LogP contribution in [0.1, 0.15) is 51.3 Å². The number of carbonyl (C=O) groups excluding carboxylic acids is 1. The molecule has 0 saturated carbocycles. The minimum absolute atomic E-state index is 0.141. The van der Waals surface area contributed by atoms with E-state index >= 15 is 0 Å². The van der Waals surface area contributed by atoms with Gasteiger partial charge >= 0.3 is 0 Å². The maximum atomic E-state index is 11.9. The van der Waals surface area contributed by atoms with Gasteiger partial charge in [0, 0.05) is 43.0 Å². The van der Waals surface area contributed by atoms with Crippen molar-refractivity contribution in [2.75, 3.05) is 14.2 Å². The summed E-state index contributed by atoms with van der Waals surface area (Å²) >= 11 is 0. The highest BCUT2D eigenvalue weighted by molar-refractivity contribution is 7.83. The topological polar surface area (TPSA) is 97.6 Å². The lowest BCUT2D eigenvalue weighted by atomic mass is 9.85. The number of hydrogen-bond donors (Lipinski definition) is 0. The maximum absolute atomic E-state index is 11.9. The molecule has 0 saturated heterocycles. The number of aryl methyl sites for hydroxylation is 1. The Labute approximate surface area is 203 Å². The van der Waals surface area contributed by atoms with E-state index < -0.39 is 11.0 Å². The molecule has 1 amide bonds. The van der Waals surface area contributed by atoms with E-state index in [1.807, 2.05) is 31.3 Å². The maximum Gasteiger partial charge on any atom is 0.233 e. The summed E-state index contributed by atoms with van der Waals surface area (Å²) in [6.07, 6.45) is 6.55. The lowest BCUT2D eigenvalue weighted by Crippen LogP contribution is -2.28. The van der Waals surface area contributed by atoms with Crippen LogP contribution in [0.25, 0.3) is 11.0 Å². The van der Waals surface area contributed by atoms with Gasteiger partial charge in [0.25, 0.3) is 0 Å². The second-order valence-electron chi connectivity index (χ2n) is 8.04. The SMILES string of the molecule is CCC(=O)N(C)S(=O)c1ccc(CC)nc1.COc1ccc2c3c(cnc2n1)N=CC(C)C3C. The van der Waals surface area contributed by atoms with Crippen LogP contribution in [0.2, 0.25) is 0 Å². The number of aromatic nitrogens is 3. The zero-order valence-corrected chi connectivity index (χ0v) is 21.3. The van der Waals surface area contributed by atoms with Crippen molar-refractivity contribution in [3.8, 4) is 5.88 Å². The molecule has 3 aromatic rings. The molecule has 0 aliphatic carbocycles. The van der Waals surface area contributed by atoms with Crippen molar-refractivity contribution >= 4 is 39.8 Å². The Hall–Kier alpha value is -3.20. The molecular weight excluding hydrogens is 450 g/mol. The minimum Gasteiger partial charge on any atom is -0.481 e. The van der Waals surface area contributed by atoms with Gasteiger partial charge in [0.15, 0.2) is 16.6 Å². The van der Waals surface area contributed by atoms with Crippen molar-refractivity contribution < 1.29 is 13.7 Å². The Morgan fingerprint density at radius 3 is 2.50 bits per heavy atom. The number of methoxy groups -OCH3 is 1. The second-order valence-corrected chi connectivity index (χ2v) is 9.56. The first-order valence-corrected chi connectivity index (χ1v) is 12.4.